The molecule has 0 aliphatic carbocycles. The first-order valence-corrected chi connectivity index (χ1v) is 24.0. The Hall–Kier alpha value is -9.58. The molecule has 0 N–H and O–H groups in total. The van der Waals surface area contributed by atoms with E-state index in [9.17, 15) is 0 Å². The van der Waals surface area contributed by atoms with Gasteiger partial charge in [0, 0.05) is 44.1 Å². The summed E-state index contributed by atoms with van der Waals surface area (Å²) in [6.45, 7) is 0. The van der Waals surface area contributed by atoms with Gasteiger partial charge in [0.2, 0.25) is 0 Å². The van der Waals surface area contributed by atoms with E-state index < -0.39 is 0 Å². The molecule has 0 aliphatic rings. The van der Waals surface area contributed by atoms with Crippen molar-refractivity contribution >= 4 is 65.0 Å². The number of hydrogen-bond acceptors (Lipinski definition) is 4. The quantitative estimate of drug-likeness (QED) is 0.150. The van der Waals surface area contributed by atoms with Gasteiger partial charge in [-0.3, -0.25) is 0 Å². The zero-order valence-electron chi connectivity index (χ0n) is 38.4. The highest BCUT2D eigenvalue weighted by Crippen LogP contribution is 2.42. The molecule has 0 atom stereocenters. The van der Waals surface area contributed by atoms with E-state index >= 15 is 0 Å². The molecule has 0 radical (unpaired) electrons. The van der Waals surface area contributed by atoms with Crippen LogP contribution < -0.4 is 0 Å². The lowest BCUT2D eigenvalue weighted by atomic mass is 9.92. The number of rotatable bonds is 7. The van der Waals surface area contributed by atoms with Crippen LogP contribution in [0, 0.1) is 0 Å². The van der Waals surface area contributed by atoms with Crippen molar-refractivity contribution in [1.82, 2.24) is 24.5 Å². The molecule has 0 amide bonds. The molecule has 14 aromatic rings. The van der Waals surface area contributed by atoms with E-state index in [0.29, 0.717) is 17.5 Å². The zero-order chi connectivity index (χ0) is 46.8. The second-order valence-electron chi connectivity index (χ2n) is 18.1. The first-order valence-electron chi connectivity index (χ1n) is 24.0. The minimum Gasteiger partial charge on any atom is -0.307 e. The fourth-order valence-corrected chi connectivity index (χ4v) is 10.6. The Kier molecular flexibility index (Phi) is 9.46. The average molecular weight is 904 g/mol. The largest absolute Gasteiger partial charge is 0.307 e. The van der Waals surface area contributed by atoms with E-state index in [1.54, 1.807) is 0 Å². The van der Waals surface area contributed by atoms with Crippen LogP contribution in [0.2, 0.25) is 0 Å². The Morgan fingerprint density at radius 3 is 1.35 bits per heavy atom. The average Bonchev–Trinajstić information content (AvgIpc) is 3.81. The van der Waals surface area contributed by atoms with Gasteiger partial charge in [-0.25, -0.2) is 19.9 Å². The fourth-order valence-electron chi connectivity index (χ4n) is 10.6. The molecule has 14 rings (SSSR count). The molecule has 0 fully saturated rings. The molecule has 0 aliphatic heterocycles. The van der Waals surface area contributed by atoms with Gasteiger partial charge in [0.05, 0.1) is 22.2 Å². The molecule has 3 aromatic heterocycles. The highest BCUT2D eigenvalue weighted by molar-refractivity contribution is 6.26. The summed E-state index contributed by atoms with van der Waals surface area (Å²) in [7, 11) is 0. The van der Waals surface area contributed by atoms with Gasteiger partial charge < -0.3 is 4.57 Å². The summed E-state index contributed by atoms with van der Waals surface area (Å²) in [6, 6.07) is 88.1. The van der Waals surface area contributed by atoms with Gasteiger partial charge >= 0.3 is 0 Å². The van der Waals surface area contributed by atoms with Crippen LogP contribution in [-0.4, -0.2) is 24.5 Å². The summed E-state index contributed by atoms with van der Waals surface area (Å²) in [6.07, 6.45) is 0. The Balaban J connectivity index is 0.829. The first kappa shape index (κ1) is 40.5. The first-order chi connectivity index (χ1) is 35.2. The lowest BCUT2D eigenvalue weighted by Gasteiger charge is -2.13. The number of nitrogens with zero attached hydrogens (tertiary/aromatic N) is 5. The minimum absolute atomic E-state index is 0.616. The zero-order valence-corrected chi connectivity index (χ0v) is 38.4. The van der Waals surface area contributed by atoms with Crippen molar-refractivity contribution in [2.45, 2.75) is 0 Å². The van der Waals surface area contributed by atoms with Crippen molar-refractivity contribution in [2.24, 2.45) is 0 Å². The van der Waals surface area contributed by atoms with Crippen LogP contribution in [0.15, 0.2) is 249 Å². The number of pyridine rings is 1. The van der Waals surface area contributed by atoms with Crippen LogP contribution in [0.5, 0.6) is 0 Å². The van der Waals surface area contributed by atoms with Gasteiger partial charge in [0.25, 0.3) is 0 Å². The molecule has 0 saturated heterocycles. The van der Waals surface area contributed by atoms with E-state index in [1.807, 2.05) is 18.2 Å². The predicted octanol–water partition coefficient (Wildman–Crippen LogP) is 17.0. The SMILES string of the molecule is c1ccc(-c2nc(-c3ccc(-c4ccc(-c5nc6ccccc6c6c7ccccc7n(-c7ccccc7)c56)cc4)cc3)nc(-c3cccc(-c4ccc5c6ccccc6c6ccccc6c5c4)c3)n2)cc1. The third-order valence-corrected chi connectivity index (χ3v) is 14.0. The molecular weight excluding hydrogens is 863 g/mol. The summed E-state index contributed by atoms with van der Waals surface area (Å²) in [5.41, 5.74) is 13.5. The van der Waals surface area contributed by atoms with E-state index in [0.717, 1.165) is 77.8 Å². The molecule has 0 bridgehead atoms. The van der Waals surface area contributed by atoms with E-state index in [2.05, 4.69) is 235 Å². The Labute approximate surface area is 409 Å². The van der Waals surface area contributed by atoms with Crippen molar-refractivity contribution in [3.05, 3.63) is 249 Å². The summed E-state index contributed by atoms with van der Waals surface area (Å²) < 4.78 is 2.37. The maximum atomic E-state index is 5.37. The summed E-state index contributed by atoms with van der Waals surface area (Å²) >= 11 is 0. The van der Waals surface area contributed by atoms with Gasteiger partial charge in [0.1, 0.15) is 0 Å². The summed E-state index contributed by atoms with van der Waals surface area (Å²) in [5, 5.41) is 11.1. The van der Waals surface area contributed by atoms with Crippen molar-refractivity contribution in [3.8, 4) is 73.4 Å². The number of hydrogen-bond donors (Lipinski definition) is 0. The lowest BCUT2D eigenvalue weighted by molar-refractivity contribution is 1.07. The topological polar surface area (TPSA) is 56.5 Å². The van der Waals surface area contributed by atoms with E-state index in [1.165, 1.54) is 43.1 Å². The maximum Gasteiger partial charge on any atom is 0.164 e. The second-order valence-corrected chi connectivity index (χ2v) is 18.1. The van der Waals surface area contributed by atoms with Crippen LogP contribution in [0.25, 0.3) is 138 Å². The Bertz CT molecular complexity index is 4340. The molecule has 5 nitrogen and oxygen atoms in total. The highest BCUT2D eigenvalue weighted by atomic mass is 15.0. The Morgan fingerprint density at radius 1 is 0.254 bits per heavy atom. The van der Waals surface area contributed by atoms with Crippen LogP contribution in [0.3, 0.4) is 0 Å². The monoisotopic (exact) mass is 903 g/mol. The second kappa shape index (κ2) is 16.6. The third-order valence-electron chi connectivity index (χ3n) is 14.0. The van der Waals surface area contributed by atoms with Gasteiger partial charge in [0.15, 0.2) is 17.5 Å². The molecule has 11 aromatic carbocycles. The fraction of sp³-hybridized carbons (Fsp3) is 0. The standard InChI is InChI=1S/C66H41N5/c1-3-16-45(17-4-1)64-68-65(70-66(69-64)49-19-15-18-47(40-49)48-38-39-55-53-24-8-7-22-51(53)52-23-9-10-25-54(52)58(55)41-48)46-36-32-43(33-37-46)42-30-34-44(35-31-42)62-63-61(56-26-11-13-28-59(56)67-62)57-27-12-14-29-60(57)71(63)50-20-5-2-6-21-50/h1-41H. The molecule has 71 heavy (non-hydrogen) atoms. The molecular formula is C66H41N5. The van der Waals surface area contributed by atoms with Crippen molar-refractivity contribution < 1.29 is 0 Å². The molecule has 0 unspecified atom stereocenters. The summed E-state index contributed by atoms with van der Waals surface area (Å²) in [4.78, 5) is 20.7. The summed E-state index contributed by atoms with van der Waals surface area (Å²) in [5.74, 6) is 1.86. The normalized spacial score (nSPS) is 11.7. The highest BCUT2D eigenvalue weighted by Gasteiger charge is 2.21. The lowest BCUT2D eigenvalue weighted by Crippen LogP contribution is -2.00. The van der Waals surface area contributed by atoms with Gasteiger partial charge in [-0.2, -0.15) is 0 Å². The molecule has 5 heteroatoms. The Morgan fingerprint density at radius 2 is 0.690 bits per heavy atom. The van der Waals surface area contributed by atoms with Crippen molar-refractivity contribution in [1.29, 1.82) is 0 Å². The van der Waals surface area contributed by atoms with Gasteiger partial charge in [-0.05, 0) is 91.0 Å². The molecule has 3 heterocycles. The van der Waals surface area contributed by atoms with Gasteiger partial charge in [-0.15, -0.1) is 0 Å². The minimum atomic E-state index is 0.616. The van der Waals surface area contributed by atoms with E-state index in [-0.39, 0.29) is 0 Å². The number of para-hydroxylation sites is 3. The van der Waals surface area contributed by atoms with Crippen LogP contribution in [0.1, 0.15) is 0 Å². The molecule has 330 valence electrons. The number of aromatic nitrogens is 5. The molecule has 0 saturated carbocycles. The smallest absolute Gasteiger partial charge is 0.164 e. The number of benzene rings is 11. The van der Waals surface area contributed by atoms with Crippen molar-refractivity contribution in [3.63, 3.8) is 0 Å². The van der Waals surface area contributed by atoms with Gasteiger partial charge in [-0.1, -0.05) is 212 Å². The van der Waals surface area contributed by atoms with Crippen molar-refractivity contribution in [2.75, 3.05) is 0 Å². The maximum absolute atomic E-state index is 5.37. The van der Waals surface area contributed by atoms with Crippen LogP contribution in [0.4, 0.5) is 0 Å². The third kappa shape index (κ3) is 6.86. The van der Waals surface area contributed by atoms with Crippen LogP contribution >= 0.6 is 0 Å². The number of fused-ring (bicyclic) bond motifs is 11. The van der Waals surface area contributed by atoms with E-state index in [4.69, 9.17) is 19.9 Å². The van der Waals surface area contributed by atoms with Crippen LogP contribution in [-0.2, 0) is 0 Å². The predicted molar refractivity (Wildman–Crippen MR) is 295 cm³/mol. The molecule has 0 spiro atoms.